The smallest absolute Gasteiger partial charge is 0.389 e. The van der Waals surface area contributed by atoms with Gasteiger partial charge in [-0.2, -0.15) is 13.2 Å². The molecule has 8 heteroatoms. The molecule has 3 N–H and O–H groups in total. The largest absolute Gasteiger partial charge is 0.393 e. The van der Waals surface area contributed by atoms with Gasteiger partial charge in [-0.25, -0.2) is 4.79 Å². The fraction of sp³-hybridized carbons (Fsp3) is 0.562. The molecule has 0 saturated heterocycles. The number of ether oxygens (including phenoxy) is 1. The van der Waals surface area contributed by atoms with Gasteiger partial charge in [-0.15, -0.1) is 0 Å². The van der Waals surface area contributed by atoms with Gasteiger partial charge in [0.05, 0.1) is 19.1 Å². The van der Waals surface area contributed by atoms with Gasteiger partial charge in [-0.3, -0.25) is 0 Å². The SMILES string of the molecule is CC(C)COCC(O)CNC(=O)Nc1cccc(CC(F)(F)F)c1. The Morgan fingerprint density at radius 2 is 2.00 bits per heavy atom. The van der Waals surface area contributed by atoms with Gasteiger partial charge in [0.2, 0.25) is 0 Å². The molecule has 136 valence electrons. The molecular weight excluding hydrogens is 325 g/mol. The van der Waals surface area contributed by atoms with Gasteiger partial charge in [0, 0.05) is 18.8 Å². The van der Waals surface area contributed by atoms with Crippen molar-refractivity contribution >= 4 is 11.7 Å². The van der Waals surface area contributed by atoms with E-state index in [0.717, 1.165) is 0 Å². The van der Waals surface area contributed by atoms with Crippen LogP contribution in [0.25, 0.3) is 0 Å². The van der Waals surface area contributed by atoms with Crippen molar-refractivity contribution in [1.82, 2.24) is 5.32 Å². The molecular formula is C16H23F3N2O3. The lowest BCUT2D eigenvalue weighted by Crippen LogP contribution is -2.37. The van der Waals surface area contributed by atoms with E-state index in [2.05, 4.69) is 10.6 Å². The maximum Gasteiger partial charge on any atom is 0.393 e. The number of nitrogens with one attached hydrogen (secondary N) is 2. The number of hydrogen-bond acceptors (Lipinski definition) is 3. The summed E-state index contributed by atoms with van der Waals surface area (Å²) >= 11 is 0. The van der Waals surface area contributed by atoms with E-state index in [9.17, 15) is 23.1 Å². The third-order valence-corrected chi connectivity index (χ3v) is 2.85. The number of amides is 2. The first-order valence-electron chi connectivity index (χ1n) is 7.62. The predicted molar refractivity (Wildman–Crippen MR) is 84.9 cm³/mol. The third kappa shape index (κ3) is 9.36. The fourth-order valence-electron chi connectivity index (χ4n) is 1.88. The zero-order chi connectivity index (χ0) is 18.2. The molecule has 2 amide bonds. The van der Waals surface area contributed by atoms with Crippen molar-refractivity contribution in [2.24, 2.45) is 5.92 Å². The number of carbonyl (C=O) groups is 1. The lowest BCUT2D eigenvalue weighted by molar-refractivity contribution is -0.127. The maximum atomic E-state index is 12.4. The Morgan fingerprint density at radius 1 is 1.29 bits per heavy atom. The molecule has 0 aliphatic rings. The molecule has 0 radical (unpaired) electrons. The van der Waals surface area contributed by atoms with Crippen molar-refractivity contribution < 1.29 is 27.8 Å². The molecule has 1 atom stereocenters. The number of hydrogen-bond donors (Lipinski definition) is 3. The summed E-state index contributed by atoms with van der Waals surface area (Å²) in [5.41, 5.74) is 0.308. The molecule has 24 heavy (non-hydrogen) atoms. The van der Waals surface area contributed by atoms with E-state index in [1.165, 1.54) is 24.3 Å². The Labute approximate surface area is 139 Å². The second-order valence-corrected chi connectivity index (χ2v) is 5.91. The molecule has 1 unspecified atom stereocenters. The van der Waals surface area contributed by atoms with Crippen molar-refractivity contribution in [3.05, 3.63) is 29.8 Å². The van der Waals surface area contributed by atoms with Crippen molar-refractivity contribution in [2.75, 3.05) is 25.1 Å². The van der Waals surface area contributed by atoms with E-state index in [1.807, 2.05) is 13.8 Å². The highest BCUT2D eigenvalue weighted by molar-refractivity contribution is 5.89. The Morgan fingerprint density at radius 3 is 2.62 bits per heavy atom. The van der Waals surface area contributed by atoms with Crippen LogP contribution in [0.3, 0.4) is 0 Å². The molecule has 1 rings (SSSR count). The van der Waals surface area contributed by atoms with E-state index in [1.54, 1.807) is 0 Å². The minimum absolute atomic E-state index is 0.0217. The molecule has 5 nitrogen and oxygen atoms in total. The van der Waals surface area contributed by atoms with Crippen LogP contribution in [0.4, 0.5) is 23.7 Å². The minimum atomic E-state index is -4.30. The van der Waals surface area contributed by atoms with Crippen LogP contribution in [0.5, 0.6) is 0 Å². The molecule has 0 aromatic heterocycles. The number of aliphatic hydroxyl groups excluding tert-OH is 1. The first-order valence-corrected chi connectivity index (χ1v) is 7.62. The number of benzene rings is 1. The van der Waals surface area contributed by atoms with Gasteiger partial charge in [-0.1, -0.05) is 26.0 Å². The summed E-state index contributed by atoms with van der Waals surface area (Å²) < 4.78 is 42.3. The van der Waals surface area contributed by atoms with Crippen LogP contribution in [0, 0.1) is 5.92 Å². The lowest BCUT2D eigenvalue weighted by Gasteiger charge is -2.14. The number of urea groups is 1. The van der Waals surface area contributed by atoms with Crippen LogP contribution in [-0.4, -0.2) is 43.2 Å². The quantitative estimate of drug-likeness (QED) is 0.676. The van der Waals surface area contributed by atoms with Gasteiger partial charge in [0.15, 0.2) is 0 Å². The minimum Gasteiger partial charge on any atom is -0.389 e. The normalized spacial score (nSPS) is 13.0. The third-order valence-electron chi connectivity index (χ3n) is 2.85. The number of halogens is 3. The van der Waals surface area contributed by atoms with E-state index < -0.39 is 24.7 Å². The molecule has 0 fully saturated rings. The van der Waals surface area contributed by atoms with Crippen molar-refractivity contribution in [1.29, 1.82) is 0 Å². The first kappa shape index (κ1) is 20.2. The molecule has 0 heterocycles. The average Bonchev–Trinajstić information content (AvgIpc) is 2.43. The highest BCUT2D eigenvalue weighted by Crippen LogP contribution is 2.22. The van der Waals surface area contributed by atoms with Crippen molar-refractivity contribution in [3.63, 3.8) is 0 Å². The van der Waals surface area contributed by atoms with Crippen molar-refractivity contribution in [3.8, 4) is 0 Å². The number of aliphatic hydroxyl groups is 1. The topological polar surface area (TPSA) is 70.6 Å². The van der Waals surface area contributed by atoms with E-state index in [0.29, 0.717) is 12.5 Å². The summed E-state index contributed by atoms with van der Waals surface area (Å²) in [5.74, 6) is 0.345. The average molecular weight is 348 g/mol. The second-order valence-electron chi connectivity index (χ2n) is 5.91. The lowest BCUT2D eigenvalue weighted by atomic mass is 10.1. The molecule has 0 bridgehead atoms. The Bertz CT molecular complexity index is 522. The van der Waals surface area contributed by atoms with Gasteiger partial charge in [0.25, 0.3) is 0 Å². The molecule has 0 aliphatic heterocycles. The van der Waals surface area contributed by atoms with Gasteiger partial charge in [0.1, 0.15) is 0 Å². The highest BCUT2D eigenvalue weighted by atomic mass is 19.4. The van der Waals surface area contributed by atoms with E-state index in [4.69, 9.17) is 4.74 Å². The molecule has 0 aliphatic carbocycles. The summed E-state index contributed by atoms with van der Waals surface area (Å²) in [6.45, 7) is 4.54. The van der Waals surface area contributed by atoms with Crippen LogP contribution in [0.2, 0.25) is 0 Å². The van der Waals surface area contributed by atoms with Crippen molar-refractivity contribution in [2.45, 2.75) is 32.5 Å². The van der Waals surface area contributed by atoms with Crippen LogP contribution >= 0.6 is 0 Å². The Kier molecular flexibility index (Phi) is 8.00. The number of alkyl halides is 3. The fourth-order valence-corrected chi connectivity index (χ4v) is 1.88. The summed E-state index contributed by atoms with van der Waals surface area (Å²) in [6, 6.07) is 4.91. The molecule has 0 saturated carbocycles. The summed E-state index contributed by atoms with van der Waals surface area (Å²) in [7, 11) is 0. The standard InChI is InChI=1S/C16H23F3N2O3/c1-11(2)9-24-10-14(22)8-20-15(23)21-13-5-3-4-12(6-13)7-16(17,18)19/h3-6,11,14,22H,7-10H2,1-2H3,(H2,20,21,23). The van der Waals surface area contributed by atoms with Gasteiger partial charge < -0.3 is 20.5 Å². The second kappa shape index (κ2) is 9.48. The number of carbonyl (C=O) groups excluding carboxylic acids is 1. The van der Waals surface area contributed by atoms with Gasteiger partial charge in [-0.05, 0) is 23.6 Å². The summed E-state index contributed by atoms with van der Waals surface area (Å²) in [6.07, 6.45) is -6.22. The maximum absolute atomic E-state index is 12.4. The molecule has 1 aromatic rings. The van der Waals surface area contributed by atoms with Crippen LogP contribution in [-0.2, 0) is 11.2 Å². The zero-order valence-electron chi connectivity index (χ0n) is 13.7. The zero-order valence-corrected chi connectivity index (χ0v) is 13.7. The first-order chi connectivity index (χ1) is 11.2. The van der Waals surface area contributed by atoms with E-state index in [-0.39, 0.29) is 24.4 Å². The monoisotopic (exact) mass is 348 g/mol. The number of anilines is 1. The highest BCUT2D eigenvalue weighted by Gasteiger charge is 2.27. The predicted octanol–water partition coefficient (Wildman–Crippen LogP) is 2.95. The Hall–Kier alpha value is -1.80. The van der Waals surface area contributed by atoms with Crippen LogP contribution in [0.15, 0.2) is 24.3 Å². The summed E-state index contributed by atoms with van der Waals surface area (Å²) in [4.78, 5) is 11.7. The van der Waals surface area contributed by atoms with Crippen LogP contribution < -0.4 is 10.6 Å². The molecule has 0 spiro atoms. The summed E-state index contributed by atoms with van der Waals surface area (Å²) in [5, 5.41) is 14.5. The molecule has 1 aromatic carbocycles. The van der Waals surface area contributed by atoms with Gasteiger partial charge >= 0.3 is 12.2 Å². The number of rotatable bonds is 8. The van der Waals surface area contributed by atoms with Crippen LogP contribution in [0.1, 0.15) is 19.4 Å². The van der Waals surface area contributed by atoms with E-state index >= 15 is 0 Å². The Balaban J connectivity index is 2.38.